The molecule has 3 heteroatoms. The number of hydrogen-bond donors (Lipinski definition) is 0. The van der Waals surface area contributed by atoms with Crippen LogP contribution in [0.3, 0.4) is 0 Å². The molecule has 0 atom stereocenters. The van der Waals surface area contributed by atoms with E-state index in [9.17, 15) is 0 Å². The van der Waals surface area contributed by atoms with Crippen molar-refractivity contribution in [3.8, 4) is 0 Å². The number of fused-ring (bicyclic) bond motifs is 1. The quantitative estimate of drug-likeness (QED) is 0.268. The predicted octanol–water partition coefficient (Wildman–Crippen LogP) is 9.04. The van der Waals surface area contributed by atoms with E-state index in [0.717, 1.165) is 5.92 Å². The first-order valence-corrected chi connectivity index (χ1v) is 21.3. The van der Waals surface area contributed by atoms with Gasteiger partial charge in [-0.3, -0.25) is 0 Å². The minimum absolute atomic E-state index is 0.145. The molecular formula is C25H34Br2Zr. The first-order chi connectivity index (χ1) is 13.3. The second kappa shape index (κ2) is 13.4. The molecule has 3 aromatic carbocycles. The zero-order valence-electron chi connectivity index (χ0n) is 18.4. The van der Waals surface area contributed by atoms with E-state index in [-0.39, 0.29) is 18.5 Å². The SMILES string of the molecule is CC(C)Cc1cc2ccccc2[cH-]1.CCCc1c(C)c(C)c(C)[c-]1C.[Br][Zr+2][Br]. The van der Waals surface area contributed by atoms with Gasteiger partial charge in [0, 0.05) is 0 Å². The van der Waals surface area contributed by atoms with Crippen LogP contribution >= 0.6 is 24.4 Å². The Morgan fingerprint density at radius 2 is 1.68 bits per heavy atom. The summed E-state index contributed by atoms with van der Waals surface area (Å²) in [6.45, 7) is 15.7. The monoisotopic (exact) mass is 582 g/mol. The van der Waals surface area contributed by atoms with Crippen LogP contribution in [0.25, 0.3) is 10.8 Å². The van der Waals surface area contributed by atoms with Crippen molar-refractivity contribution in [2.24, 2.45) is 5.92 Å². The third kappa shape index (κ3) is 7.69. The second-order valence-corrected chi connectivity index (χ2v) is 19.2. The fourth-order valence-corrected chi connectivity index (χ4v) is 3.73. The van der Waals surface area contributed by atoms with Crippen molar-refractivity contribution in [3.63, 3.8) is 0 Å². The summed E-state index contributed by atoms with van der Waals surface area (Å²) in [5.41, 5.74) is 9.09. The zero-order valence-corrected chi connectivity index (χ0v) is 24.0. The van der Waals surface area contributed by atoms with Crippen molar-refractivity contribution in [2.75, 3.05) is 0 Å². The molecule has 0 unspecified atom stereocenters. The third-order valence-corrected chi connectivity index (χ3v) is 5.41. The van der Waals surface area contributed by atoms with E-state index < -0.39 is 0 Å². The molecule has 0 radical (unpaired) electrons. The van der Waals surface area contributed by atoms with Gasteiger partial charge in [-0.1, -0.05) is 67.4 Å². The van der Waals surface area contributed by atoms with Crippen LogP contribution in [0.15, 0.2) is 36.4 Å². The van der Waals surface area contributed by atoms with Gasteiger partial charge < -0.3 is 0 Å². The van der Waals surface area contributed by atoms with Crippen molar-refractivity contribution in [2.45, 2.75) is 67.7 Å². The Morgan fingerprint density at radius 1 is 1.07 bits per heavy atom. The van der Waals surface area contributed by atoms with E-state index in [4.69, 9.17) is 0 Å². The molecule has 0 bridgehead atoms. The first kappa shape index (κ1) is 26.1. The minimum atomic E-state index is -0.145. The van der Waals surface area contributed by atoms with Gasteiger partial charge in [0.15, 0.2) is 0 Å². The summed E-state index contributed by atoms with van der Waals surface area (Å²) in [6.07, 6.45) is 3.69. The summed E-state index contributed by atoms with van der Waals surface area (Å²) in [4.78, 5) is 0. The Labute approximate surface area is 195 Å². The predicted molar refractivity (Wildman–Crippen MR) is 131 cm³/mol. The van der Waals surface area contributed by atoms with Crippen molar-refractivity contribution >= 4 is 35.2 Å². The van der Waals surface area contributed by atoms with Crippen LogP contribution in [0.4, 0.5) is 0 Å². The average Bonchev–Trinajstić information content (AvgIpc) is 3.13. The van der Waals surface area contributed by atoms with Crippen LogP contribution in [-0.4, -0.2) is 0 Å². The molecule has 0 amide bonds. The van der Waals surface area contributed by atoms with Gasteiger partial charge in [0.2, 0.25) is 0 Å². The zero-order chi connectivity index (χ0) is 21.3. The molecule has 0 aromatic heterocycles. The van der Waals surface area contributed by atoms with Crippen LogP contribution < -0.4 is 0 Å². The second-order valence-electron chi connectivity index (χ2n) is 7.89. The van der Waals surface area contributed by atoms with E-state index in [2.05, 4.69) is 109 Å². The fraction of sp³-hybridized carbons (Fsp3) is 0.440. The van der Waals surface area contributed by atoms with Crippen LogP contribution in [0.1, 0.15) is 60.6 Å². The van der Waals surface area contributed by atoms with Crippen LogP contribution in [-0.2, 0) is 31.4 Å². The van der Waals surface area contributed by atoms with Gasteiger partial charge in [-0.25, -0.2) is 0 Å². The van der Waals surface area contributed by atoms with Crippen molar-refractivity contribution in [3.05, 3.63) is 69.8 Å². The van der Waals surface area contributed by atoms with Crippen molar-refractivity contribution in [1.29, 1.82) is 0 Å². The Morgan fingerprint density at radius 3 is 2.14 bits per heavy atom. The van der Waals surface area contributed by atoms with Gasteiger partial charge >= 0.3 is 43.0 Å². The molecule has 3 aromatic rings. The Bertz CT molecular complexity index is 781. The molecule has 0 saturated heterocycles. The topological polar surface area (TPSA) is 0 Å². The number of rotatable bonds is 4. The van der Waals surface area contributed by atoms with Gasteiger partial charge in [0.1, 0.15) is 0 Å². The summed E-state index contributed by atoms with van der Waals surface area (Å²) in [7, 11) is 0. The summed E-state index contributed by atoms with van der Waals surface area (Å²) in [5.74, 6) is 0.747. The molecular weight excluding hydrogens is 551 g/mol. The standard InChI is InChI=1S/C13H15.C12H19.2BrH.Zr/c1-10(2)7-11-8-12-5-3-4-6-13(12)9-11;1-6-7-12-10(4)8(2)9(3)11(12)5;;;/h3-6,8-10H,7H2,1-2H3;6-7H2,1-5H3;2*1H;/q2*-1;;;+4/p-2. The van der Waals surface area contributed by atoms with Crippen LogP contribution in [0.5, 0.6) is 0 Å². The van der Waals surface area contributed by atoms with Crippen molar-refractivity contribution in [1.82, 2.24) is 0 Å². The van der Waals surface area contributed by atoms with Gasteiger partial charge in [0.25, 0.3) is 0 Å². The number of benzene rings is 1. The van der Waals surface area contributed by atoms with E-state index >= 15 is 0 Å². The number of halogens is 2. The summed E-state index contributed by atoms with van der Waals surface area (Å²) in [5, 5.41) is 2.75. The Hall–Kier alpha value is 0.0231. The molecule has 0 nitrogen and oxygen atoms in total. The van der Waals surface area contributed by atoms with E-state index in [1.807, 2.05) is 0 Å². The molecule has 0 aliphatic rings. The average molecular weight is 586 g/mol. The third-order valence-electron chi connectivity index (χ3n) is 5.41. The molecule has 152 valence electrons. The van der Waals surface area contributed by atoms with E-state index in [1.165, 1.54) is 57.9 Å². The fourth-order valence-electron chi connectivity index (χ4n) is 3.73. The van der Waals surface area contributed by atoms with Gasteiger partial charge in [-0.05, 0) is 12.3 Å². The number of hydrogen-bond acceptors (Lipinski definition) is 0. The molecule has 0 spiro atoms. The first-order valence-electron chi connectivity index (χ1n) is 10.1. The van der Waals surface area contributed by atoms with Crippen LogP contribution in [0, 0.1) is 33.6 Å². The summed E-state index contributed by atoms with van der Waals surface area (Å²) < 4.78 is 0. The molecule has 0 aliphatic heterocycles. The summed E-state index contributed by atoms with van der Waals surface area (Å²) >= 11 is 6.32. The van der Waals surface area contributed by atoms with Crippen molar-refractivity contribution < 1.29 is 18.5 Å². The molecule has 28 heavy (non-hydrogen) atoms. The molecule has 3 rings (SSSR count). The van der Waals surface area contributed by atoms with Crippen LogP contribution in [0.2, 0.25) is 0 Å². The molecule has 0 saturated carbocycles. The normalized spacial score (nSPS) is 10.2. The van der Waals surface area contributed by atoms with Gasteiger partial charge in [0.05, 0.1) is 0 Å². The maximum atomic E-state index is 3.23. The molecule has 0 aliphatic carbocycles. The Balaban J connectivity index is 0.000000247. The van der Waals surface area contributed by atoms with Gasteiger partial charge in [-0.15, -0.1) is 40.6 Å². The van der Waals surface area contributed by atoms with Gasteiger partial charge in [-0.2, -0.15) is 33.9 Å². The van der Waals surface area contributed by atoms with E-state index in [1.54, 1.807) is 5.56 Å². The van der Waals surface area contributed by atoms with E-state index in [0.29, 0.717) is 0 Å². The maximum absolute atomic E-state index is 3.23. The molecule has 0 fully saturated rings. The molecule has 0 heterocycles. The molecule has 0 N–H and O–H groups in total. The Kier molecular flexibility index (Phi) is 12.4. The summed E-state index contributed by atoms with van der Waals surface area (Å²) in [6, 6.07) is 13.2.